The summed E-state index contributed by atoms with van der Waals surface area (Å²) in [4.78, 5) is 0. The first kappa shape index (κ1) is 44.4. The van der Waals surface area contributed by atoms with Crippen LogP contribution in [0.4, 0.5) is 0 Å². The molecule has 282 valence electrons. The molecule has 1 rings (SSSR count). The lowest BCUT2D eigenvalue weighted by Crippen LogP contribution is -2.04. The number of benzene rings is 1. The van der Waals surface area contributed by atoms with E-state index >= 15 is 0 Å². The van der Waals surface area contributed by atoms with Gasteiger partial charge in [0.2, 0.25) is 11.5 Å². The fourth-order valence-corrected chi connectivity index (χ4v) is 7.73. The van der Waals surface area contributed by atoms with E-state index in [0.717, 1.165) is 53.9 Å². The number of ether oxygens (including phenoxy) is 2. The first-order valence-electron chi connectivity index (χ1n) is 20.5. The van der Waals surface area contributed by atoms with Crippen LogP contribution in [0.5, 0.6) is 23.0 Å². The molecule has 4 nitrogen and oxygen atoms in total. The van der Waals surface area contributed by atoms with Gasteiger partial charge < -0.3 is 19.7 Å². The summed E-state index contributed by atoms with van der Waals surface area (Å²) in [5.74, 6) is 6.33. The number of hydrogen-bond donors (Lipinski definition) is 2. The third kappa shape index (κ3) is 18.4. The van der Waals surface area contributed by atoms with Crippen molar-refractivity contribution in [2.45, 2.75) is 191 Å². The lowest BCUT2D eigenvalue weighted by atomic mass is 9.88. The molecular formula is C44H82O4. The molecule has 6 unspecified atom stereocenters. The van der Waals surface area contributed by atoms with Crippen molar-refractivity contribution < 1.29 is 19.7 Å². The predicted octanol–water partition coefficient (Wildman–Crippen LogP) is 13.9. The van der Waals surface area contributed by atoms with E-state index in [9.17, 15) is 10.2 Å². The Balaban J connectivity index is 2.12. The number of rotatable bonds is 29. The maximum absolute atomic E-state index is 10.8. The van der Waals surface area contributed by atoms with Crippen LogP contribution in [0.15, 0.2) is 0 Å². The zero-order chi connectivity index (χ0) is 36.1. The molecule has 0 aliphatic carbocycles. The molecule has 0 aliphatic heterocycles. The molecule has 0 aromatic heterocycles. The topological polar surface area (TPSA) is 58.9 Å². The Morgan fingerprint density at radius 3 is 0.979 bits per heavy atom. The quantitative estimate of drug-likeness (QED) is 0.0830. The summed E-state index contributed by atoms with van der Waals surface area (Å²) in [6, 6.07) is 0. The number of methoxy groups -OCH3 is 2. The fourth-order valence-electron chi connectivity index (χ4n) is 7.73. The molecule has 6 atom stereocenters. The van der Waals surface area contributed by atoms with Crippen molar-refractivity contribution in [3.63, 3.8) is 0 Å². The van der Waals surface area contributed by atoms with Crippen molar-refractivity contribution in [1.29, 1.82) is 0 Å². The van der Waals surface area contributed by atoms with Gasteiger partial charge in [0.05, 0.1) is 14.2 Å². The van der Waals surface area contributed by atoms with Crippen LogP contribution in [0.3, 0.4) is 0 Å². The van der Waals surface area contributed by atoms with Gasteiger partial charge in [-0.15, -0.1) is 0 Å². The Bertz CT molecular complexity index is 956. The highest BCUT2D eigenvalue weighted by atomic mass is 16.5. The van der Waals surface area contributed by atoms with Gasteiger partial charge in [0, 0.05) is 11.1 Å². The van der Waals surface area contributed by atoms with E-state index in [1.54, 1.807) is 0 Å². The molecule has 0 fully saturated rings. The van der Waals surface area contributed by atoms with Crippen molar-refractivity contribution >= 4 is 0 Å². The third-order valence-electron chi connectivity index (χ3n) is 11.5. The Morgan fingerprint density at radius 2 is 0.688 bits per heavy atom. The smallest absolute Gasteiger partial charge is 0.207 e. The van der Waals surface area contributed by atoms with Crippen molar-refractivity contribution in [1.82, 2.24) is 0 Å². The molecule has 0 spiro atoms. The second kappa shape index (κ2) is 25.4. The summed E-state index contributed by atoms with van der Waals surface area (Å²) in [6.45, 7) is 21.2. The van der Waals surface area contributed by atoms with E-state index < -0.39 is 0 Å². The minimum absolute atomic E-state index is 0.0570. The fraction of sp³-hybridized carbons (Fsp3) is 0.864. The highest BCUT2D eigenvalue weighted by molar-refractivity contribution is 5.65. The van der Waals surface area contributed by atoms with Crippen molar-refractivity contribution in [3.8, 4) is 23.0 Å². The first-order valence-corrected chi connectivity index (χ1v) is 20.5. The molecule has 0 amide bonds. The van der Waals surface area contributed by atoms with Crippen molar-refractivity contribution in [2.24, 2.45) is 41.4 Å². The average Bonchev–Trinajstić information content (AvgIpc) is 3.02. The first-order chi connectivity index (χ1) is 22.8. The third-order valence-corrected chi connectivity index (χ3v) is 11.5. The van der Waals surface area contributed by atoms with Gasteiger partial charge in [0.1, 0.15) is 0 Å². The van der Waals surface area contributed by atoms with Crippen LogP contribution in [0, 0.1) is 48.3 Å². The zero-order valence-corrected chi connectivity index (χ0v) is 33.9. The number of aromatic hydroxyl groups is 2. The Hall–Kier alpha value is -1.58. The normalized spacial score (nSPS) is 15.7. The zero-order valence-electron chi connectivity index (χ0n) is 33.9. The Kier molecular flexibility index (Phi) is 23.5. The van der Waals surface area contributed by atoms with Crippen LogP contribution >= 0.6 is 0 Å². The van der Waals surface area contributed by atoms with Gasteiger partial charge in [-0.1, -0.05) is 171 Å². The van der Waals surface area contributed by atoms with Gasteiger partial charge in [-0.3, -0.25) is 0 Å². The van der Waals surface area contributed by atoms with Crippen LogP contribution in [-0.2, 0) is 6.42 Å². The minimum atomic E-state index is 0.0570. The van der Waals surface area contributed by atoms with Crippen LogP contribution in [0.1, 0.15) is 189 Å². The van der Waals surface area contributed by atoms with E-state index in [-0.39, 0.29) is 23.0 Å². The molecule has 0 aliphatic rings. The maximum atomic E-state index is 10.8. The molecule has 48 heavy (non-hydrogen) atoms. The SMILES string of the molecule is COc1c(O)c(C)c(CCC(C)CCCC(C)CCCC(C)CCCC(C)CCCC(C)CCCC(C)CCCC(C)C)c(O)c1OC. The standard InChI is InChI=1S/C44H82O4/c1-32(2)18-12-19-33(3)20-13-21-34(4)22-14-23-35(5)24-15-25-36(6)26-16-27-37(7)28-17-29-38(8)30-31-40-39(9)41(45)43(47-10)44(48-11)42(40)46/h32-38,45-46H,12-31H2,1-11H3. The van der Waals surface area contributed by atoms with Crippen molar-refractivity contribution in [3.05, 3.63) is 11.1 Å². The van der Waals surface area contributed by atoms with E-state index in [4.69, 9.17) is 9.47 Å². The van der Waals surface area contributed by atoms with Gasteiger partial charge in [-0.2, -0.15) is 0 Å². The van der Waals surface area contributed by atoms with Crippen LogP contribution < -0.4 is 9.47 Å². The summed E-state index contributed by atoms with van der Waals surface area (Å²) in [6.07, 6.45) is 26.6. The molecule has 0 saturated carbocycles. The molecule has 0 heterocycles. The summed E-state index contributed by atoms with van der Waals surface area (Å²) in [5, 5.41) is 21.3. The molecule has 0 bridgehead atoms. The highest BCUT2D eigenvalue weighted by Gasteiger charge is 2.23. The van der Waals surface area contributed by atoms with Gasteiger partial charge in [-0.25, -0.2) is 0 Å². The number of hydrogen-bond acceptors (Lipinski definition) is 4. The molecule has 1 aromatic rings. The van der Waals surface area contributed by atoms with Crippen LogP contribution in [0.25, 0.3) is 0 Å². The molecular weight excluding hydrogens is 592 g/mol. The Morgan fingerprint density at radius 1 is 0.417 bits per heavy atom. The largest absolute Gasteiger partial charge is 0.504 e. The second-order valence-corrected chi connectivity index (χ2v) is 17.0. The summed E-state index contributed by atoms with van der Waals surface area (Å²) in [7, 11) is 2.96. The second-order valence-electron chi connectivity index (χ2n) is 17.0. The molecule has 2 N–H and O–H groups in total. The van der Waals surface area contributed by atoms with E-state index in [0.29, 0.717) is 11.5 Å². The van der Waals surface area contributed by atoms with Crippen LogP contribution in [-0.4, -0.2) is 24.4 Å². The summed E-state index contributed by atoms with van der Waals surface area (Å²) >= 11 is 0. The molecule has 4 heteroatoms. The van der Waals surface area contributed by atoms with Gasteiger partial charge >= 0.3 is 0 Å². The lowest BCUT2D eigenvalue weighted by Gasteiger charge is -2.19. The number of phenolic OH excluding ortho intramolecular Hbond substituents is 2. The average molecular weight is 675 g/mol. The molecule has 0 saturated heterocycles. The summed E-state index contributed by atoms with van der Waals surface area (Å²) in [5.41, 5.74) is 1.44. The Labute approximate surface area is 299 Å². The van der Waals surface area contributed by atoms with E-state index in [2.05, 4.69) is 55.4 Å². The predicted molar refractivity (Wildman–Crippen MR) is 209 cm³/mol. The van der Waals surface area contributed by atoms with Gasteiger partial charge in [0.15, 0.2) is 11.5 Å². The number of phenols is 2. The lowest BCUT2D eigenvalue weighted by molar-refractivity contribution is 0.313. The molecule has 1 aromatic carbocycles. The van der Waals surface area contributed by atoms with Gasteiger partial charge in [0.25, 0.3) is 0 Å². The maximum Gasteiger partial charge on any atom is 0.207 e. The minimum Gasteiger partial charge on any atom is -0.504 e. The molecule has 0 radical (unpaired) electrons. The van der Waals surface area contributed by atoms with E-state index in [1.807, 2.05) is 6.92 Å². The van der Waals surface area contributed by atoms with E-state index in [1.165, 1.54) is 130 Å². The monoisotopic (exact) mass is 675 g/mol. The van der Waals surface area contributed by atoms with Crippen LogP contribution in [0.2, 0.25) is 0 Å². The highest BCUT2D eigenvalue weighted by Crippen LogP contribution is 2.48. The summed E-state index contributed by atoms with van der Waals surface area (Å²) < 4.78 is 10.6. The van der Waals surface area contributed by atoms with Gasteiger partial charge in [-0.05, 0) is 61.2 Å². The van der Waals surface area contributed by atoms with Crippen molar-refractivity contribution in [2.75, 3.05) is 14.2 Å².